The minimum Gasteiger partial charge on any atom is -0.380 e. The largest absolute Gasteiger partial charge is 0.397 e. The second-order valence-corrected chi connectivity index (χ2v) is 5.51. The van der Waals surface area contributed by atoms with Gasteiger partial charge in [-0.05, 0) is 25.0 Å². The van der Waals surface area contributed by atoms with Crippen molar-refractivity contribution in [3.8, 4) is 0 Å². The Hall–Kier alpha value is -1.11. The zero-order valence-electron chi connectivity index (χ0n) is 9.95. The van der Waals surface area contributed by atoms with E-state index in [2.05, 4.69) is 5.32 Å². The summed E-state index contributed by atoms with van der Waals surface area (Å²) in [7, 11) is -4.39. The molecule has 0 aliphatic heterocycles. The van der Waals surface area contributed by atoms with Gasteiger partial charge in [0.2, 0.25) is 0 Å². The summed E-state index contributed by atoms with van der Waals surface area (Å²) in [5.74, 6) is 0. The maximum absolute atomic E-state index is 10.8. The van der Waals surface area contributed by atoms with Crippen molar-refractivity contribution < 1.29 is 17.2 Å². The molecule has 0 heterocycles. The molecule has 1 aromatic rings. The van der Waals surface area contributed by atoms with Crippen LogP contribution in [0.5, 0.6) is 0 Å². The second kappa shape index (κ2) is 5.69. The van der Waals surface area contributed by atoms with Crippen LogP contribution < -0.4 is 5.32 Å². The molecular formula is C12H17NO4S. The lowest BCUT2D eigenvalue weighted by Gasteiger charge is -2.31. The molecule has 0 radical (unpaired) electrons. The highest BCUT2D eigenvalue weighted by molar-refractivity contribution is 7.80. The van der Waals surface area contributed by atoms with Gasteiger partial charge in [-0.15, -0.1) is 0 Å². The van der Waals surface area contributed by atoms with Gasteiger partial charge in [0.15, 0.2) is 0 Å². The van der Waals surface area contributed by atoms with Crippen LogP contribution in [0.25, 0.3) is 0 Å². The fraction of sp³-hybridized carbons (Fsp3) is 0.500. The number of hydrogen-bond acceptors (Lipinski definition) is 4. The Morgan fingerprint density at radius 1 is 1.17 bits per heavy atom. The van der Waals surface area contributed by atoms with Gasteiger partial charge in [-0.3, -0.25) is 4.55 Å². The minimum absolute atomic E-state index is 0.0944. The quantitative estimate of drug-likeness (QED) is 0.821. The van der Waals surface area contributed by atoms with Gasteiger partial charge in [-0.1, -0.05) is 31.0 Å². The molecule has 1 saturated carbocycles. The molecular weight excluding hydrogens is 254 g/mol. The summed E-state index contributed by atoms with van der Waals surface area (Å²) in [6.07, 6.45) is 2.89. The lowest BCUT2D eigenvalue weighted by molar-refractivity contribution is 0.129. The van der Waals surface area contributed by atoms with E-state index in [0.29, 0.717) is 6.42 Å². The molecule has 1 aliphatic rings. The average molecular weight is 271 g/mol. The van der Waals surface area contributed by atoms with Crippen LogP contribution in [0, 0.1) is 0 Å². The maximum atomic E-state index is 10.8. The third kappa shape index (κ3) is 3.97. The van der Waals surface area contributed by atoms with Crippen molar-refractivity contribution >= 4 is 16.1 Å². The van der Waals surface area contributed by atoms with Gasteiger partial charge in [-0.25, -0.2) is 4.18 Å². The summed E-state index contributed by atoms with van der Waals surface area (Å²) in [6.45, 7) is 0. The molecule has 1 aromatic carbocycles. The molecule has 0 bridgehead atoms. The molecule has 2 rings (SSSR count). The number of para-hydroxylation sites is 1. The van der Waals surface area contributed by atoms with E-state index in [9.17, 15) is 8.42 Å². The molecule has 100 valence electrons. The van der Waals surface area contributed by atoms with Crippen LogP contribution in [0.15, 0.2) is 30.3 Å². The number of anilines is 1. The number of rotatable bonds is 4. The predicted octanol–water partition coefficient (Wildman–Crippen LogP) is 2.23. The van der Waals surface area contributed by atoms with E-state index >= 15 is 0 Å². The molecule has 0 saturated heterocycles. The van der Waals surface area contributed by atoms with Crippen molar-refractivity contribution in [3.05, 3.63) is 30.3 Å². The van der Waals surface area contributed by atoms with Crippen LogP contribution in [-0.4, -0.2) is 25.1 Å². The fourth-order valence-corrected chi connectivity index (χ4v) is 2.82. The van der Waals surface area contributed by atoms with Crippen molar-refractivity contribution in [2.45, 2.75) is 37.8 Å². The highest BCUT2D eigenvalue weighted by atomic mass is 32.3. The molecule has 6 heteroatoms. The summed E-state index contributed by atoms with van der Waals surface area (Å²) >= 11 is 0. The first-order chi connectivity index (χ1) is 8.54. The van der Waals surface area contributed by atoms with Crippen molar-refractivity contribution in [2.75, 3.05) is 5.32 Å². The van der Waals surface area contributed by atoms with E-state index in [0.717, 1.165) is 24.9 Å². The topological polar surface area (TPSA) is 75.6 Å². The predicted molar refractivity (Wildman–Crippen MR) is 68.7 cm³/mol. The molecule has 18 heavy (non-hydrogen) atoms. The summed E-state index contributed by atoms with van der Waals surface area (Å²) in [6, 6.07) is 9.47. The van der Waals surface area contributed by atoms with Gasteiger partial charge < -0.3 is 5.32 Å². The molecule has 0 unspecified atom stereocenters. The zero-order chi connectivity index (χ0) is 13.0. The Morgan fingerprint density at radius 3 is 2.50 bits per heavy atom. The van der Waals surface area contributed by atoms with Gasteiger partial charge in [0, 0.05) is 5.69 Å². The Balaban J connectivity index is 2.04. The first kappa shape index (κ1) is 13.3. The normalized spacial score (nSPS) is 24.7. The van der Waals surface area contributed by atoms with E-state index in [-0.39, 0.29) is 6.04 Å². The standard InChI is InChI=1S/C12H17NO4S/c14-18(15,16)17-12-9-5-4-8-11(12)13-10-6-2-1-3-7-10/h1-3,6-7,11-13H,4-5,8-9H2,(H,14,15,16)/t11-,12-/m0/s1. The summed E-state index contributed by atoms with van der Waals surface area (Å²) in [4.78, 5) is 0. The third-order valence-corrected chi connectivity index (χ3v) is 3.56. The highest BCUT2D eigenvalue weighted by Gasteiger charge is 2.29. The van der Waals surface area contributed by atoms with Crippen LogP contribution in [0.2, 0.25) is 0 Å². The number of hydrogen-bond donors (Lipinski definition) is 2. The van der Waals surface area contributed by atoms with Gasteiger partial charge >= 0.3 is 10.4 Å². The first-order valence-corrected chi connectivity index (χ1v) is 7.38. The minimum atomic E-state index is -4.39. The Labute approximate surface area is 107 Å². The van der Waals surface area contributed by atoms with Crippen molar-refractivity contribution in [1.29, 1.82) is 0 Å². The van der Waals surface area contributed by atoms with Crippen LogP contribution in [0.3, 0.4) is 0 Å². The fourth-order valence-electron chi connectivity index (χ4n) is 2.28. The molecule has 5 nitrogen and oxygen atoms in total. The van der Waals surface area contributed by atoms with Gasteiger partial charge in [0.25, 0.3) is 0 Å². The van der Waals surface area contributed by atoms with E-state index in [1.807, 2.05) is 30.3 Å². The number of benzene rings is 1. The Morgan fingerprint density at radius 2 is 1.83 bits per heavy atom. The van der Waals surface area contributed by atoms with Gasteiger partial charge in [0.05, 0.1) is 12.1 Å². The Kier molecular flexibility index (Phi) is 4.21. The van der Waals surface area contributed by atoms with Crippen molar-refractivity contribution in [3.63, 3.8) is 0 Å². The lowest BCUT2D eigenvalue weighted by atomic mass is 9.92. The van der Waals surface area contributed by atoms with Crippen molar-refractivity contribution in [2.24, 2.45) is 0 Å². The SMILES string of the molecule is O=S(=O)(O)O[C@H]1CCCC[C@@H]1Nc1ccccc1. The number of nitrogens with one attached hydrogen (secondary N) is 1. The summed E-state index contributed by atoms with van der Waals surface area (Å²) < 4.78 is 35.1. The Bertz CT molecular complexity index is 474. The highest BCUT2D eigenvalue weighted by Crippen LogP contribution is 2.25. The first-order valence-electron chi connectivity index (χ1n) is 6.02. The zero-order valence-corrected chi connectivity index (χ0v) is 10.8. The molecule has 1 fully saturated rings. The van der Waals surface area contributed by atoms with Crippen LogP contribution >= 0.6 is 0 Å². The third-order valence-electron chi connectivity index (χ3n) is 3.07. The maximum Gasteiger partial charge on any atom is 0.397 e. The lowest BCUT2D eigenvalue weighted by Crippen LogP contribution is -2.39. The van der Waals surface area contributed by atoms with E-state index < -0.39 is 16.5 Å². The smallest absolute Gasteiger partial charge is 0.380 e. The monoisotopic (exact) mass is 271 g/mol. The average Bonchev–Trinajstić information content (AvgIpc) is 2.31. The molecule has 0 aromatic heterocycles. The molecule has 2 N–H and O–H groups in total. The van der Waals surface area contributed by atoms with Crippen LogP contribution in [-0.2, 0) is 14.6 Å². The molecule has 1 aliphatic carbocycles. The summed E-state index contributed by atoms with van der Waals surface area (Å²) in [5.41, 5.74) is 0.924. The van der Waals surface area contributed by atoms with E-state index in [4.69, 9.17) is 8.74 Å². The van der Waals surface area contributed by atoms with Crippen LogP contribution in [0.1, 0.15) is 25.7 Å². The second-order valence-electron chi connectivity index (χ2n) is 4.46. The molecule has 0 amide bonds. The summed E-state index contributed by atoms with van der Waals surface area (Å²) in [5, 5.41) is 3.25. The molecule has 2 atom stereocenters. The molecule has 0 spiro atoms. The van der Waals surface area contributed by atoms with E-state index in [1.54, 1.807) is 0 Å². The van der Waals surface area contributed by atoms with Crippen LogP contribution in [0.4, 0.5) is 5.69 Å². The van der Waals surface area contributed by atoms with Gasteiger partial charge in [-0.2, -0.15) is 8.42 Å². The van der Waals surface area contributed by atoms with Crippen molar-refractivity contribution in [1.82, 2.24) is 0 Å². The van der Waals surface area contributed by atoms with E-state index in [1.165, 1.54) is 0 Å². The van der Waals surface area contributed by atoms with Gasteiger partial charge in [0.1, 0.15) is 0 Å².